The number of aromatic nitrogens is 1. The Bertz CT molecular complexity index is 1270. The molecular weight excluding hydrogens is 486 g/mol. The number of benzene rings is 2. The predicted octanol–water partition coefficient (Wildman–Crippen LogP) is 6.73. The third-order valence-corrected chi connectivity index (χ3v) is 7.92. The van der Waals surface area contributed by atoms with Crippen molar-refractivity contribution in [2.45, 2.75) is 89.8 Å². The zero-order chi connectivity index (χ0) is 27.0. The average Bonchev–Trinajstić information content (AvgIpc) is 2.98. The molecule has 1 atom stereocenters. The molecule has 204 valence electrons. The molecule has 0 bridgehead atoms. The van der Waals surface area contributed by atoms with Crippen LogP contribution in [0.4, 0.5) is 5.69 Å². The minimum Gasteiger partial charge on any atom is -0.489 e. The summed E-state index contributed by atoms with van der Waals surface area (Å²) in [7, 11) is 0. The van der Waals surface area contributed by atoms with E-state index < -0.39 is 6.04 Å². The number of aryl methyl sites for hydroxylation is 1. The number of carbonyl (C=O) groups excluding carboxylic acids is 2. The summed E-state index contributed by atoms with van der Waals surface area (Å²) in [4.78, 5) is 33.4. The summed E-state index contributed by atoms with van der Waals surface area (Å²) in [6.07, 6.45) is 14.2. The van der Waals surface area contributed by atoms with E-state index in [1.807, 2.05) is 36.4 Å². The number of hydrogen-bond donors (Lipinski definition) is 1. The van der Waals surface area contributed by atoms with Gasteiger partial charge in [-0.3, -0.25) is 14.6 Å². The SMILES string of the molecule is CCCCCc1ccc(NC(=O)[C@@H]2Cc3ccccc3CN2C(=O)c2cncc(OC3CCCCC3)c2)cc1. The summed E-state index contributed by atoms with van der Waals surface area (Å²) >= 11 is 0. The first-order chi connectivity index (χ1) is 19.1. The molecule has 5 rings (SSSR count). The van der Waals surface area contributed by atoms with E-state index in [0.29, 0.717) is 24.3 Å². The van der Waals surface area contributed by atoms with Gasteiger partial charge in [0.05, 0.1) is 17.9 Å². The maximum Gasteiger partial charge on any atom is 0.256 e. The van der Waals surface area contributed by atoms with Crippen LogP contribution in [-0.2, 0) is 24.2 Å². The molecule has 6 nitrogen and oxygen atoms in total. The highest BCUT2D eigenvalue weighted by atomic mass is 16.5. The van der Waals surface area contributed by atoms with E-state index >= 15 is 0 Å². The van der Waals surface area contributed by atoms with E-state index in [0.717, 1.165) is 36.1 Å². The molecule has 1 saturated carbocycles. The van der Waals surface area contributed by atoms with Crippen LogP contribution in [-0.4, -0.2) is 33.8 Å². The van der Waals surface area contributed by atoms with Crippen molar-refractivity contribution in [3.8, 4) is 5.75 Å². The molecular formula is C33H39N3O3. The molecule has 2 amide bonds. The largest absolute Gasteiger partial charge is 0.489 e. The minimum atomic E-state index is -0.625. The Hall–Kier alpha value is -3.67. The number of carbonyl (C=O) groups is 2. The molecule has 0 spiro atoms. The van der Waals surface area contributed by atoms with Gasteiger partial charge >= 0.3 is 0 Å². The Morgan fingerprint density at radius 1 is 0.974 bits per heavy atom. The number of nitrogens with one attached hydrogen (secondary N) is 1. The second-order valence-corrected chi connectivity index (χ2v) is 10.9. The fourth-order valence-corrected chi connectivity index (χ4v) is 5.67. The quantitative estimate of drug-likeness (QED) is 0.314. The van der Waals surface area contributed by atoms with E-state index in [2.05, 4.69) is 29.4 Å². The zero-order valence-electron chi connectivity index (χ0n) is 22.9. The molecule has 1 N–H and O–H groups in total. The Morgan fingerprint density at radius 3 is 2.51 bits per heavy atom. The Kier molecular flexibility index (Phi) is 8.92. The van der Waals surface area contributed by atoms with Crippen LogP contribution in [0.1, 0.15) is 85.3 Å². The summed E-state index contributed by atoms with van der Waals surface area (Å²) < 4.78 is 6.17. The van der Waals surface area contributed by atoms with E-state index in [4.69, 9.17) is 4.74 Å². The lowest BCUT2D eigenvalue weighted by molar-refractivity contribution is -0.121. The van der Waals surface area contributed by atoms with Gasteiger partial charge in [-0.25, -0.2) is 0 Å². The second-order valence-electron chi connectivity index (χ2n) is 10.9. The van der Waals surface area contributed by atoms with Gasteiger partial charge in [0.2, 0.25) is 5.91 Å². The van der Waals surface area contributed by atoms with Crippen LogP contribution >= 0.6 is 0 Å². The summed E-state index contributed by atoms with van der Waals surface area (Å²) in [5, 5.41) is 3.07. The van der Waals surface area contributed by atoms with Crippen LogP contribution in [0.3, 0.4) is 0 Å². The molecule has 2 aromatic carbocycles. The van der Waals surface area contributed by atoms with Crippen LogP contribution < -0.4 is 10.1 Å². The van der Waals surface area contributed by atoms with Gasteiger partial charge in [-0.1, -0.05) is 62.6 Å². The van der Waals surface area contributed by atoms with Gasteiger partial charge in [-0.2, -0.15) is 0 Å². The van der Waals surface area contributed by atoms with Gasteiger partial charge in [-0.05, 0) is 73.4 Å². The lowest BCUT2D eigenvalue weighted by Gasteiger charge is -2.36. The fraction of sp³-hybridized carbons (Fsp3) is 0.424. The number of pyridine rings is 1. The summed E-state index contributed by atoms with van der Waals surface area (Å²) in [5.41, 5.74) is 4.62. The van der Waals surface area contributed by atoms with E-state index in [1.54, 1.807) is 23.4 Å². The van der Waals surface area contributed by atoms with Crippen molar-refractivity contribution in [3.63, 3.8) is 0 Å². The molecule has 1 aliphatic heterocycles. The molecule has 2 aliphatic rings. The van der Waals surface area contributed by atoms with Crippen molar-refractivity contribution in [1.29, 1.82) is 0 Å². The van der Waals surface area contributed by atoms with Crippen LogP contribution in [0, 0.1) is 0 Å². The van der Waals surface area contributed by atoms with Gasteiger partial charge in [0, 0.05) is 24.8 Å². The van der Waals surface area contributed by atoms with Crippen molar-refractivity contribution < 1.29 is 14.3 Å². The summed E-state index contributed by atoms with van der Waals surface area (Å²) in [5.74, 6) is 0.224. The molecule has 39 heavy (non-hydrogen) atoms. The molecule has 2 heterocycles. The van der Waals surface area contributed by atoms with E-state index in [1.165, 1.54) is 44.1 Å². The standard InChI is InChI=1S/C33H39N3O3/c1-2-3-5-10-24-15-17-28(18-16-24)35-32(37)31-20-25-11-8-9-12-26(25)23-36(31)33(38)27-19-30(22-34-21-27)39-29-13-6-4-7-14-29/h8-9,11-12,15-19,21-22,29,31H,2-7,10,13-14,20,23H2,1H3,(H,35,37)/t31-/m0/s1. The first-order valence-electron chi connectivity index (χ1n) is 14.5. The predicted molar refractivity (Wildman–Crippen MR) is 154 cm³/mol. The number of rotatable bonds is 9. The maximum atomic E-state index is 13.8. The Morgan fingerprint density at radius 2 is 1.74 bits per heavy atom. The van der Waals surface area contributed by atoms with Gasteiger partial charge in [-0.15, -0.1) is 0 Å². The number of nitrogens with zero attached hydrogens (tertiary/aromatic N) is 2. The Labute approximate surface area is 231 Å². The topological polar surface area (TPSA) is 71.5 Å². The number of ether oxygens (including phenoxy) is 1. The summed E-state index contributed by atoms with van der Waals surface area (Å²) in [6.45, 7) is 2.58. The molecule has 0 radical (unpaired) electrons. The first kappa shape index (κ1) is 26.9. The van der Waals surface area contributed by atoms with Crippen LogP contribution in [0.5, 0.6) is 5.75 Å². The van der Waals surface area contributed by atoms with Crippen LogP contribution in [0.15, 0.2) is 67.0 Å². The average molecular weight is 526 g/mol. The fourth-order valence-electron chi connectivity index (χ4n) is 5.67. The third-order valence-electron chi connectivity index (χ3n) is 7.92. The van der Waals surface area contributed by atoms with Crippen molar-refractivity contribution in [2.24, 2.45) is 0 Å². The summed E-state index contributed by atoms with van der Waals surface area (Å²) in [6, 6.07) is 17.3. The molecule has 1 aromatic heterocycles. The van der Waals surface area contributed by atoms with E-state index in [-0.39, 0.29) is 17.9 Å². The Balaban J connectivity index is 1.33. The highest BCUT2D eigenvalue weighted by molar-refractivity contribution is 6.01. The number of anilines is 1. The monoisotopic (exact) mass is 525 g/mol. The third kappa shape index (κ3) is 6.86. The van der Waals surface area contributed by atoms with Crippen molar-refractivity contribution in [2.75, 3.05) is 5.32 Å². The number of unbranched alkanes of at least 4 members (excludes halogenated alkanes) is 2. The van der Waals surface area contributed by atoms with Gasteiger partial charge in [0.15, 0.2) is 0 Å². The number of fused-ring (bicyclic) bond motifs is 1. The number of hydrogen-bond acceptors (Lipinski definition) is 4. The van der Waals surface area contributed by atoms with Crippen LogP contribution in [0.25, 0.3) is 0 Å². The van der Waals surface area contributed by atoms with Crippen molar-refractivity contribution >= 4 is 17.5 Å². The molecule has 0 unspecified atom stereocenters. The lowest BCUT2D eigenvalue weighted by atomic mass is 9.92. The van der Waals surface area contributed by atoms with Crippen molar-refractivity contribution in [1.82, 2.24) is 9.88 Å². The maximum absolute atomic E-state index is 13.8. The van der Waals surface area contributed by atoms with Crippen molar-refractivity contribution in [3.05, 3.63) is 89.2 Å². The van der Waals surface area contributed by atoms with Gasteiger partial charge in [0.1, 0.15) is 11.8 Å². The van der Waals surface area contributed by atoms with Gasteiger partial charge in [0.25, 0.3) is 5.91 Å². The minimum absolute atomic E-state index is 0.171. The molecule has 3 aromatic rings. The second kappa shape index (κ2) is 12.9. The normalized spacial score (nSPS) is 17.4. The van der Waals surface area contributed by atoms with E-state index in [9.17, 15) is 9.59 Å². The lowest BCUT2D eigenvalue weighted by Crippen LogP contribution is -2.50. The highest BCUT2D eigenvalue weighted by Crippen LogP contribution is 2.28. The van der Waals surface area contributed by atoms with Gasteiger partial charge < -0.3 is 15.0 Å². The molecule has 1 aliphatic carbocycles. The molecule has 0 saturated heterocycles. The smallest absolute Gasteiger partial charge is 0.256 e. The highest BCUT2D eigenvalue weighted by Gasteiger charge is 2.35. The molecule has 6 heteroatoms. The number of amides is 2. The first-order valence-corrected chi connectivity index (χ1v) is 14.5. The van der Waals surface area contributed by atoms with Crippen LogP contribution in [0.2, 0.25) is 0 Å². The molecule has 1 fully saturated rings. The zero-order valence-corrected chi connectivity index (χ0v) is 22.9.